The van der Waals surface area contributed by atoms with Crippen LogP contribution in [-0.2, 0) is 4.79 Å². The number of fused-ring (bicyclic) bond motifs is 1. The van der Waals surface area contributed by atoms with Crippen molar-refractivity contribution in [3.63, 3.8) is 0 Å². The van der Waals surface area contributed by atoms with Gasteiger partial charge in [-0.3, -0.25) is 9.59 Å². The molecule has 128 valence electrons. The van der Waals surface area contributed by atoms with E-state index in [0.717, 1.165) is 33.4 Å². The fourth-order valence-electron chi connectivity index (χ4n) is 2.51. The fraction of sp³-hybridized carbons (Fsp3) is 0.250. The Morgan fingerprint density at radius 3 is 2.52 bits per heavy atom. The molecule has 0 aliphatic rings. The minimum Gasteiger partial charge on any atom is -0.328 e. The summed E-state index contributed by atoms with van der Waals surface area (Å²) < 4.78 is 0. The molecule has 0 saturated carbocycles. The van der Waals surface area contributed by atoms with Crippen molar-refractivity contribution < 1.29 is 4.79 Å². The average molecular weight is 335 g/mol. The lowest BCUT2D eigenvalue weighted by molar-refractivity contribution is -0.123. The molecular formula is C20H21N3O2. The van der Waals surface area contributed by atoms with Crippen molar-refractivity contribution in [1.82, 2.24) is 9.97 Å². The Kier molecular flexibility index (Phi) is 4.17. The summed E-state index contributed by atoms with van der Waals surface area (Å²) in [7, 11) is 0. The number of aryl methyl sites for hydroxylation is 1. The lowest BCUT2D eigenvalue weighted by Gasteiger charge is -2.18. The molecule has 0 atom stereocenters. The van der Waals surface area contributed by atoms with E-state index in [9.17, 15) is 9.59 Å². The third-order valence-electron chi connectivity index (χ3n) is 4.03. The second-order valence-electron chi connectivity index (χ2n) is 7.20. The van der Waals surface area contributed by atoms with Crippen LogP contribution >= 0.6 is 0 Å². The first kappa shape index (κ1) is 16.9. The number of anilines is 1. The third kappa shape index (κ3) is 3.60. The van der Waals surface area contributed by atoms with Gasteiger partial charge >= 0.3 is 0 Å². The van der Waals surface area contributed by atoms with E-state index < -0.39 is 5.41 Å². The van der Waals surface area contributed by atoms with Gasteiger partial charge in [0.1, 0.15) is 0 Å². The third-order valence-corrected chi connectivity index (χ3v) is 4.03. The van der Waals surface area contributed by atoms with Crippen LogP contribution in [0, 0.1) is 12.3 Å². The Bertz CT molecular complexity index is 993. The highest BCUT2D eigenvalue weighted by Crippen LogP contribution is 2.27. The summed E-state index contributed by atoms with van der Waals surface area (Å²) in [5.41, 5.74) is 3.72. The molecule has 0 spiro atoms. The van der Waals surface area contributed by atoms with Gasteiger partial charge in [0.05, 0.1) is 11.2 Å². The number of nitrogens with zero attached hydrogens (tertiary/aromatic N) is 1. The van der Waals surface area contributed by atoms with Crippen LogP contribution in [0.1, 0.15) is 26.3 Å². The summed E-state index contributed by atoms with van der Waals surface area (Å²) in [6.45, 7) is 7.65. The monoisotopic (exact) mass is 335 g/mol. The highest BCUT2D eigenvalue weighted by Gasteiger charge is 2.21. The zero-order chi connectivity index (χ0) is 18.2. The molecule has 25 heavy (non-hydrogen) atoms. The van der Waals surface area contributed by atoms with Gasteiger partial charge in [-0.1, -0.05) is 20.8 Å². The van der Waals surface area contributed by atoms with E-state index >= 15 is 0 Å². The van der Waals surface area contributed by atoms with Crippen LogP contribution in [0.5, 0.6) is 0 Å². The second-order valence-corrected chi connectivity index (χ2v) is 7.20. The van der Waals surface area contributed by atoms with E-state index in [2.05, 4.69) is 15.3 Å². The van der Waals surface area contributed by atoms with Crippen molar-refractivity contribution in [2.24, 2.45) is 5.41 Å². The van der Waals surface area contributed by atoms with Crippen molar-refractivity contribution in [2.75, 3.05) is 5.32 Å². The number of pyridine rings is 2. The quantitative estimate of drug-likeness (QED) is 0.746. The molecule has 3 aromatic rings. The van der Waals surface area contributed by atoms with Crippen molar-refractivity contribution in [1.29, 1.82) is 0 Å². The molecule has 0 fully saturated rings. The molecule has 2 N–H and O–H groups in total. The first-order valence-corrected chi connectivity index (χ1v) is 8.16. The minimum absolute atomic E-state index is 0.0256. The van der Waals surface area contributed by atoms with Crippen LogP contribution in [0.15, 0.2) is 47.4 Å². The molecule has 0 radical (unpaired) electrons. The van der Waals surface area contributed by atoms with E-state index in [-0.39, 0.29) is 11.5 Å². The van der Waals surface area contributed by atoms with Crippen LogP contribution in [0.2, 0.25) is 0 Å². The van der Waals surface area contributed by atoms with E-state index in [0.29, 0.717) is 0 Å². The van der Waals surface area contributed by atoms with Crippen LogP contribution in [0.25, 0.3) is 22.2 Å². The average Bonchev–Trinajstić information content (AvgIpc) is 2.55. The Morgan fingerprint density at radius 2 is 1.88 bits per heavy atom. The summed E-state index contributed by atoms with van der Waals surface area (Å²) >= 11 is 0. The van der Waals surface area contributed by atoms with Gasteiger partial charge in [-0.2, -0.15) is 0 Å². The van der Waals surface area contributed by atoms with Gasteiger partial charge in [0.25, 0.3) is 0 Å². The first-order chi connectivity index (χ1) is 11.7. The van der Waals surface area contributed by atoms with Crippen molar-refractivity contribution in [3.05, 3.63) is 58.5 Å². The van der Waals surface area contributed by atoms with Crippen LogP contribution in [0.3, 0.4) is 0 Å². The normalized spacial score (nSPS) is 11.5. The van der Waals surface area contributed by atoms with E-state index in [1.807, 2.05) is 52.0 Å². The molecule has 0 aliphatic heterocycles. The molecular weight excluding hydrogens is 314 g/mol. The Morgan fingerprint density at radius 1 is 1.12 bits per heavy atom. The summed E-state index contributed by atoms with van der Waals surface area (Å²) in [4.78, 5) is 30.7. The van der Waals surface area contributed by atoms with Crippen LogP contribution in [0.4, 0.5) is 5.69 Å². The molecule has 1 amide bonds. The molecule has 0 bridgehead atoms. The molecule has 2 heterocycles. The number of benzene rings is 1. The number of hydrogen-bond acceptors (Lipinski definition) is 3. The van der Waals surface area contributed by atoms with Gasteiger partial charge in [0, 0.05) is 34.3 Å². The summed E-state index contributed by atoms with van der Waals surface area (Å²) in [6, 6.07) is 10.9. The number of aromatic amines is 1. The maximum Gasteiger partial charge on any atom is 0.247 e. The maximum absolute atomic E-state index is 12.2. The number of aromatic nitrogens is 2. The van der Waals surface area contributed by atoms with E-state index in [1.165, 1.54) is 6.07 Å². The van der Waals surface area contributed by atoms with Gasteiger partial charge in [0.15, 0.2) is 0 Å². The lowest BCUT2D eigenvalue weighted by atomic mass is 9.95. The zero-order valence-electron chi connectivity index (χ0n) is 14.8. The summed E-state index contributed by atoms with van der Waals surface area (Å²) in [6.07, 6.45) is 1.66. The smallest absolute Gasteiger partial charge is 0.247 e. The fourth-order valence-corrected chi connectivity index (χ4v) is 2.51. The topological polar surface area (TPSA) is 74.8 Å². The number of H-pyrrole nitrogens is 1. The SMILES string of the molecule is Cc1cc(-c2ccc(=O)[nH]c2)nc2ccc(NC(=O)C(C)(C)C)cc12. The number of hydrogen-bond donors (Lipinski definition) is 2. The van der Waals surface area contributed by atoms with Crippen molar-refractivity contribution in [3.8, 4) is 11.3 Å². The van der Waals surface area contributed by atoms with Gasteiger partial charge in [-0.25, -0.2) is 4.98 Å². The first-order valence-electron chi connectivity index (χ1n) is 8.16. The van der Waals surface area contributed by atoms with Crippen molar-refractivity contribution >= 4 is 22.5 Å². The number of rotatable bonds is 2. The number of carbonyl (C=O) groups excluding carboxylic acids is 1. The molecule has 1 aromatic carbocycles. The second kappa shape index (κ2) is 6.16. The molecule has 2 aromatic heterocycles. The maximum atomic E-state index is 12.2. The lowest BCUT2D eigenvalue weighted by Crippen LogP contribution is -2.27. The van der Waals surface area contributed by atoms with Gasteiger partial charge in [-0.05, 0) is 42.8 Å². The Balaban J connectivity index is 2.00. The van der Waals surface area contributed by atoms with Gasteiger partial charge in [0.2, 0.25) is 11.5 Å². The Hall–Kier alpha value is -2.95. The molecule has 0 unspecified atom stereocenters. The molecule has 3 rings (SSSR count). The van der Waals surface area contributed by atoms with E-state index in [1.54, 1.807) is 12.3 Å². The standard InChI is InChI=1S/C20H21N3O2/c1-12-9-17(13-5-8-18(24)21-11-13)23-16-7-6-14(10-15(12)16)22-19(25)20(2,3)4/h5-11H,1-4H3,(H,21,24)(H,22,25). The van der Waals surface area contributed by atoms with Gasteiger partial charge < -0.3 is 10.3 Å². The van der Waals surface area contributed by atoms with Gasteiger partial charge in [-0.15, -0.1) is 0 Å². The summed E-state index contributed by atoms with van der Waals surface area (Å²) in [5.74, 6) is -0.0256. The van der Waals surface area contributed by atoms with Crippen molar-refractivity contribution in [2.45, 2.75) is 27.7 Å². The predicted octanol–water partition coefficient (Wildman–Crippen LogP) is 3.88. The number of carbonyl (C=O) groups is 1. The summed E-state index contributed by atoms with van der Waals surface area (Å²) in [5, 5.41) is 3.93. The van der Waals surface area contributed by atoms with Crippen LogP contribution in [-0.4, -0.2) is 15.9 Å². The molecule has 0 saturated heterocycles. The highest BCUT2D eigenvalue weighted by molar-refractivity contribution is 5.97. The largest absolute Gasteiger partial charge is 0.328 e. The highest BCUT2D eigenvalue weighted by atomic mass is 16.2. The molecule has 0 aliphatic carbocycles. The molecule has 5 heteroatoms. The number of nitrogens with one attached hydrogen (secondary N) is 2. The van der Waals surface area contributed by atoms with E-state index in [4.69, 9.17) is 0 Å². The predicted molar refractivity (Wildman–Crippen MR) is 101 cm³/mol. The number of amides is 1. The Labute approximate surface area is 146 Å². The molecule has 5 nitrogen and oxygen atoms in total. The minimum atomic E-state index is -0.448. The van der Waals surface area contributed by atoms with Crippen LogP contribution < -0.4 is 10.9 Å². The zero-order valence-corrected chi connectivity index (χ0v) is 14.8.